The van der Waals surface area contributed by atoms with E-state index in [-0.39, 0.29) is 11.4 Å². The average molecular weight is 207 g/mol. The van der Waals surface area contributed by atoms with Crippen LogP contribution in [0.5, 0.6) is 0 Å². The minimum atomic E-state index is -0.478. The number of nitrogens with zero attached hydrogens (tertiary/aromatic N) is 4. The van der Waals surface area contributed by atoms with Crippen molar-refractivity contribution in [2.75, 3.05) is 12.3 Å². The van der Waals surface area contributed by atoms with E-state index >= 15 is 0 Å². The summed E-state index contributed by atoms with van der Waals surface area (Å²) in [5.41, 5.74) is 6.26. The molecule has 7 nitrogen and oxygen atoms in total. The number of carbonyl (C=O) groups excluding carboxylic acids is 1. The fraction of sp³-hybridized carbons (Fsp3) is 0.250. The summed E-state index contributed by atoms with van der Waals surface area (Å²) >= 11 is 0. The van der Waals surface area contributed by atoms with Gasteiger partial charge < -0.3 is 10.5 Å². The molecule has 0 saturated heterocycles. The Balaban J connectivity index is 2.57. The normalized spacial score (nSPS) is 10.5. The summed E-state index contributed by atoms with van der Waals surface area (Å²) in [6, 6.07) is 0. The maximum atomic E-state index is 11.5. The summed E-state index contributed by atoms with van der Waals surface area (Å²) in [5, 5.41) is 7.68. The van der Waals surface area contributed by atoms with E-state index in [0.717, 1.165) is 0 Å². The van der Waals surface area contributed by atoms with Crippen LogP contribution in [0.3, 0.4) is 0 Å². The molecule has 0 spiro atoms. The highest BCUT2D eigenvalue weighted by atomic mass is 16.5. The van der Waals surface area contributed by atoms with Gasteiger partial charge in [0.15, 0.2) is 5.82 Å². The number of carbonyl (C=O) groups is 1. The Bertz CT molecular complexity index is 507. The molecule has 7 heteroatoms. The van der Waals surface area contributed by atoms with E-state index in [9.17, 15) is 4.79 Å². The van der Waals surface area contributed by atoms with Gasteiger partial charge in [0.25, 0.3) is 0 Å². The monoisotopic (exact) mass is 207 g/mol. The Kier molecular flexibility index (Phi) is 2.20. The first kappa shape index (κ1) is 9.38. The number of fused-ring (bicyclic) bond motifs is 1. The fourth-order valence-electron chi connectivity index (χ4n) is 1.22. The molecule has 0 aromatic carbocycles. The summed E-state index contributed by atoms with van der Waals surface area (Å²) in [4.78, 5) is 15.3. The molecule has 15 heavy (non-hydrogen) atoms. The number of nitrogens with two attached hydrogens (primary N) is 1. The molecule has 0 aliphatic rings. The molecular formula is C8H9N5O2. The van der Waals surface area contributed by atoms with Crippen molar-refractivity contribution in [2.45, 2.75) is 6.92 Å². The smallest absolute Gasteiger partial charge is 0.342 e. The zero-order valence-corrected chi connectivity index (χ0v) is 8.04. The Morgan fingerprint density at radius 2 is 2.40 bits per heavy atom. The predicted molar refractivity (Wildman–Crippen MR) is 51.2 cm³/mol. The quantitative estimate of drug-likeness (QED) is 0.690. The average Bonchev–Trinajstić information content (AvgIpc) is 2.63. The van der Waals surface area contributed by atoms with E-state index in [1.807, 2.05) is 0 Å². The van der Waals surface area contributed by atoms with Gasteiger partial charge in [0.2, 0.25) is 0 Å². The van der Waals surface area contributed by atoms with Crippen LogP contribution in [0.2, 0.25) is 0 Å². The topological polar surface area (TPSA) is 95.4 Å². The summed E-state index contributed by atoms with van der Waals surface area (Å²) in [7, 11) is 0. The van der Waals surface area contributed by atoms with Gasteiger partial charge in [-0.25, -0.2) is 9.78 Å². The van der Waals surface area contributed by atoms with E-state index in [4.69, 9.17) is 10.5 Å². The van der Waals surface area contributed by atoms with Crippen LogP contribution >= 0.6 is 0 Å². The number of esters is 1. The first-order valence-electron chi connectivity index (χ1n) is 4.35. The minimum absolute atomic E-state index is 0.200. The molecule has 0 unspecified atom stereocenters. The lowest BCUT2D eigenvalue weighted by Gasteiger charge is -2.00. The molecule has 0 fully saturated rings. The molecule has 0 bridgehead atoms. The maximum absolute atomic E-state index is 11.5. The van der Waals surface area contributed by atoms with Gasteiger partial charge in [-0.3, -0.25) is 0 Å². The van der Waals surface area contributed by atoms with Crippen molar-refractivity contribution in [3.63, 3.8) is 0 Å². The number of hydrogen-bond acceptors (Lipinski definition) is 6. The zero-order valence-electron chi connectivity index (χ0n) is 8.04. The van der Waals surface area contributed by atoms with E-state index in [2.05, 4.69) is 15.2 Å². The van der Waals surface area contributed by atoms with Crippen LogP contribution in [-0.2, 0) is 4.74 Å². The highest BCUT2D eigenvalue weighted by Gasteiger charge is 2.16. The van der Waals surface area contributed by atoms with Gasteiger partial charge in [-0.1, -0.05) is 0 Å². The number of aromatic nitrogens is 4. The number of hydrogen-bond donors (Lipinski definition) is 1. The van der Waals surface area contributed by atoms with Gasteiger partial charge in [0.05, 0.1) is 12.8 Å². The minimum Gasteiger partial charge on any atom is -0.462 e. The van der Waals surface area contributed by atoms with Crippen molar-refractivity contribution < 1.29 is 9.53 Å². The molecule has 2 heterocycles. The van der Waals surface area contributed by atoms with Crippen molar-refractivity contribution >= 4 is 17.3 Å². The van der Waals surface area contributed by atoms with Crippen LogP contribution in [0.4, 0.5) is 5.82 Å². The van der Waals surface area contributed by atoms with Crippen LogP contribution in [0.1, 0.15) is 17.3 Å². The van der Waals surface area contributed by atoms with E-state index in [1.54, 1.807) is 6.92 Å². The third-order valence-electron chi connectivity index (χ3n) is 1.85. The van der Waals surface area contributed by atoms with Gasteiger partial charge in [-0.05, 0) is 6.92 Å². The van der Waals surface area contributed by atoms with Crippen LogP contribution in [0, 0.1) is 0 Å². The molecule has 2 N–H and O–H groups in total. The fourth-order valence-corrected chi connectivity index (χ4v) is 1.22. The molecule has 0 atom stereocenters. The lowest BCUT2D eigenvalue weighted by atomic mass is 10.3. The molecule has 0 aliphatic heterocycles. The van der Waals surface area contributed by atoms with Gasteiger partial charge in [-0.15, -0.1) is 9.73 Å². The third kappa shape index (κ3) is 1.47. The van der Waals surface area contributed by atoms with Crippen LogP contribution < -0.4 is 5.73 Å². The van der Waals surface area contributed by atoms with Crippen LogP contribution in [0.15, 0.2) is 12.5 Å². The summed E-state index contributed by atoms with van der Waals surface area (Å²) in [5.74, 6) is -0.278. The van der Waals surface area contributed by atoms with Crippen LogP contribution in [-0.4, -0.2) is 32.4 Å². The Hall–Kier alpha value is -2.18. The molecule has 78 valence electrons. The van der Waals surface area contributed by atoms with E-state index in [0.29, 0.717) is 12.1 Å². The van der Waals surface area contributed by atoms with Crippen molar-refractivity contribution in [3.8, 4) is 0 Å². The number of anilines is 1. The van der Waals surface area contributed by atoms with Gasteiger partial charge in [0.1, 0.15) is 17.4 Å². The molecule has 2 aromatic heterocycles. The van der Waals surface area contributed by atoms with Crippen molar-refractivity contribution in [3.05, 3.63) is 18.1 Å². The van der Waals surface area contributed by atoms with Gasteiger partial charge in [0, 0.05) is 0 Å². The van der Waals surface area contributed by atoms with Crippen LogP contribution in [0.25, 0.3) is 5.52 Å². The molecule has 0 aliphatic carbocycles. The number of ether oxygens (including phenoxy) is 1. The molecule has 2 aromatic rings. The predicted octanol–water partition coefficient (Wildman–Crippen LogP) is -0.117. The van der Waals surface area contributed by atoms with Gasteiger partial charge in [-0.2, -0.15) is 5.10 Å². The summed E-state index contributed by atoms with van der Waals surface area (Å²) < 4.78 is 6.09. The second-order valence-electron chi connectivity index (χ2n) is 2.76. The SMILES string of the molecule is CCOC(=O)c1cnn2ncnc(N)c12. The molecule has 0 saturated carbocycles. The van der Waals surface area contributed by atoms with Gasteiger partial charge >= 0.3 is 5.97 Å². The lowest BCUT2D eigenvalue weighted by molar-refractivity contribution is 0.0528. The lowest BCUT2D eigenvalue weighted by Crippen LogP contribution is -2.07. The highest BCUT2D eigenvalue weighted by Crippen LogP contribution is 2.15. The third-order valence-corrected chi connectivity index (χ3v) is 1.85. The molecular weight excluding hydrogens is 198 g/mol. The zero-order chi connectivity index (χ0) is 10.8. The molecule has 0 radical (unpaired) electrons. The van der Waals surface area contributed by atoms with E-state index in [1.165, 1.54) is 17.2 Å². The van der Waals surface area contributed by atoms with Crippen molar-refractivity contribution in [1.29, 1.82) is 0 Å². The Morgan fingerprint density at radius 3 is 3.13 bits per heavy atom. The highest BCUT2D eigenvalue weighted by molar-refractivity contribution is 5.99. The number of nitrogen functional groups attached to an aromatic ring is 1. The molecule has 2 rings (SSSR count). The summed E-state index contributed by atoms with van der Waals surface area (Å²) in [6.07, 6.45) is 2.63. The standard InChI is InChI=1S/C8H9N5O2/c1-2-15-8(14)5-3-11-13-6(5)7(9)10-4-12-13/h3-4H,2H2,1H3,(H2,9,10,12). The second-order valence-corrected chi connectivity index (χ2v) is 2.76. The first-order valence-corrected chi connectivity index (χ1v) is 4.35. The largest absolute Gasteiger partial charge is 0.462 e. The molecule has 0 amide bonds. The van der Waals surface area contributed by atoms with E-state index < -0.39 is 5.97 Å². The Morgan fingerprint density at radius 1 is 1.60 bits per heavy atom. The maximum Gasteiger partial charge on any atom is 0.342 e. The number of rotatable bonds is 2. The summed E-state index contributed by atoms with van der Waals surface area (Å²) in [6.45, 7) is 2.02. The van der Waals surface area contributed by atoms with Crippen molar-refractivity contribution in [1.82, 2.24) is 19.8 Å². The first-order chi connectivity index (χ1) is 7.24. The second kappa shape index (κ2) is 3.52. The van der Waals surface area contributed by atoms with Crippen molar-refractivity contribution in [2.24, 2.45) is 0 Å². The Labute approximate surface area is 84.9 Å².